The predicted octanol–water partition coefficient (Wildman–Crippen LogP) is 4.86. The number of methoxy groups -OCH3 is 1. The zero-order valence-electron chi connectivity index (χ0n) is 14.2. The number of fused-ring (bicyclic) bond motifs is 1. The number of halogens is 1. The Hall–Kier alpha value is -1.85. The monoisotopic (exact) mass is 377 g/mol. The molecule has 1 aliphatic heterocycles. The fourth-order valence-electron chi connectivity index (χ4n) is 2.81. The molecule has 0 bridgehead atoms. The predicted molar refractivity (Wildman–Crippen MR) is 102 cm³/mol. The lowest BCUT2D eigenvalue weighted by molar-refractivity contribution is -0.116. The van der Waals surface area contributed by atoms with Crippen molar-refractivity contribution in [1.82, 2.24) is 0 Å². The van der Waals surface area contributed by atoms with Gasteiger partial charge in [0.25, 0.3) is 0 Å². The molecule has 0 aromatic heterocycles. The van der Waals surface area contributed by atoms with E-state index >= 15 is 0 Å². The van der Waals surface area contributed by atoms with E-state index in [0.29, 0.717) is 12.5 Å². The molecule has 1 aliphatic rings. The second kappa shape index (κ2) is 8.02. The summed E-state index contributed by atoms with van der Waals surface area (Å²) < 4.78 is 11.3. The van der Waals surface area contributed by atoms with E-state index in [9.17, 15) is 4.79 Å². The average molecular weight is 378 g/mol. The van der Waals surface area contributed by atoms with E-state index in [1.165, 1.54) is 0 Å². The summed E-state index contributed by atoms with van der Waals surface area (Å²) in [7, 11) is 1.63. The Morgan fingerprint density at radius 2 is 2.08 bits per heavy atom. The molecule has 3 rings (SSSR count). The van der Waals surface area contributed by atoms with Crippen molar-refractivity contribution in [2.75, 3.05) is 24.5 Å². The van der Waals surface area contributed by atoms with Crippen LogP contribution in [0.25, 0.3) is 0 Å². The average Bonchev–Trinajstić information content (AvgIpc) is 3.01. The lowest BCUT2D eigenvalue weighted by Crippen LogP contribution is -2.28. The van der Waals surface area contributed by atoms with Crippen LogP contribution in [0, 0.1) is 0 Å². The maximum Gasteiger partial charge on any atom is 0.225 e. The molecule has 4 nitrogen and oxygen atoms in total. The smallest absolute Gasteiger partial charge is 0.225 e. The highest BCUT2D eigenvalue weighted by Gasteiger charge is 2.35. The maximum atomic E-state index is 12.3. The number of carbonyl (C=O) groups is 1. The topological polar surface area (TPSA) is 38.8 Å². The molecule has 0 N–H and O–H groups in total. The zero-order chi connectivity index (χ0) is 17.8. The summed E-state index contributed by atoms with van der Waals surface area (Å²) in [5, 5.41) is -0.184. The van der Waals surface area contributed by atoms with Crippen LogP contribution in [-0.2, 0) is 4.79 Å². The van der Waals surface area contributed by atoms with Gasteiger partial charge in [-0.25, -0.2) is 0 Å². The fourth-order valence-corrected chi connectivity index (χ4v) is 4.28. The van der Waals surface area contributed by atoms with Crippen LogP contribution in [-0.4, -0.2) is 25.5 Å². The van der Waals surface area contributed by atoms with Gasteiger partial charge in [0.15, 0.2) is 0 Å². The Labute approximate surface area is 157 Å². The number of nitrogens with zero attached hydrogens (tertiary/aromatic N) is 1. The van der Waals surface area contributed by atoms with Gasteiger partial charge in [-0.2, -0.15) is 0 Å². The lowest BCUT2D eigenvalue weighted by atomic mass is 10.1. The minimum Gasteiger partial charge on any atom is -0.497 e. The summed E-state index contributed by atoms with van der Waals surface area (Å²) in [6, 6.07) is 13.6. The molecule has 2 aromatic rings. The van der Waals surface area contributed by atoms with Crippen LogP contribution in [0.4, 0.5) is 5.69 Å². The SMILES string of the molecule is COc1ccc(OCCCCl)c(C2Sc3ccccc3N2C(C)=O)c1. The number of hydrogen-bond acceptors (Lipinski definition) is 4. The van der Waals surface area contributed by atoms with E-state index in [2.05, 4.69) is 0 Å². The molecule has 1 heterocycles. The number of para-hydroxylation sites is 1. The van der Waals surface area contributed by atoms with Crippen molar-refractivity contribution in [3.63, 3.8) is 0 Å². The molecule has 25 heavy (non-hydrogen) atoms. The number of anilines is 1. The first kappa shape index (κ1) is 18.0. The van der Waals surface area contributed by atoms with Gasteiger partial charge in [0, 0.05) is 23.3 Å². The Morgan fingerprint density at radius 3 is 2.80 bits per heavy atom. The Kier molecular flexibility index (Phi) is 5.76. The van der Waals surface area contributed by atoms with Crippen LogP contribution in [0.3, 0.4) is 0 Å². The molecule has 2 aromatic carbocycles. The van der Waals surface area contributed by atoms with Gasteiger partial charge in [-0.3, -0.25) is 9.69 Å². The number of rotatable bonds is 6. The quantitative estimate of drug-likeness (QED) is 0.532. The zero-order valence-corrected chi connectivity index (χ0v) is 15.8. The summed E-state index contributed by atoms with van der Waals surface area (Å²) >= 11 is 7.39. The maximum absolute atomic E-state index is 12.3. The second-order valence-electron chi connectivity index (χ2n) is 5.62. The standard InChI is InChI=1S/C19H20ClNO3S/c1-13(22)21-16-6-3-4-7-18(16)25-19(21)15-12-14(23-2)8-9-17(15)24-11-5-10-20/h3-4,6-9,12,19H,5,10-11H2,1-2H3. The van der Waals surface area contributed by atoms with Gasteiger partial charge < -0.3 is 9.47 Å². The van der Waals surface area contributed by atoms with Crippen LogP contribution in [0.15, 0.2) is 47.4 Å². The van der Waals surface area contributed by atoms with Gasteiger partial charge in [0.2, 0.25) is 5.91 Å². The molecule has 1 amide bonds. The summed E-state index contributed by atoms with van der Waals surface area (Å²) in [6.45, 7) is 2.12. The van der Waals surface area contributed by atoms with Crippen LogP contribution in [0.2, 0.25) is 0 Å². The molecule has 0 aliphatic carbocycles. The van der Waals surface area contributed by atoms with E-state index in [1.807, 2.05) is 47.4 Å². The number of carbonyl (C=O) groups excluding carboxylic acids is 1. The minimum atomic E-state index is -0.184. The van der Waals surface area contributed by atoms with Crippen molar-refractivity contribution >= 4 is 35.0 Å². The summed E-state index contributed by atoms with van der Waals surface area (Å²) in [4.78, 5) is 15.2. The second-order valence-corrected chi connectivity index (χ2v) is 7.12. The number of alkyl halides is 1. The molecule has 6 heteroatoms. The molecule has 0 saturated heterocycles. The van der Waals surface area contributed by atoms with Gasteiger partial charge in [-0.05, 0) is 36.8 Å². The first-order chi connectivity index (χ1) is 12.2. The summed E-state index contributed by atoms with van der Waals surface area (Å²) in [5.74, 6) is 2.04. The van der Waals surface area contributed by atoms with Gasteiger partial charge in [0.1, 0.15) is 16.9 Å². The van der Waals surface area contributed by atoms with Gasteiger partial charge >= 0.3 is 0 Å². The molecule has 1 unspecified atom stereocenters. The highest BCUT2D eigenvalue weighted by Crippen LogP contribution is 2.53. The van der Waals surface area contributed by atoms with E-state index in [1.54, 1.807) is 25.8 Å². The van der Waals surface area contributed by atoms with Crippen LogP contribution in [0.1, 0.15) is 24.3 Å². The fraction of sp³-hybridized carbons (Fsp3) is 0.316. The van der Waals surface area contributed by atoms with Crippen molar-refractivity contribution in [2.24, 2.45) is 0 Å². The van der Waals surface area contributed by atoms with Crippen molar-refractivity contribution in [3.05, 3.63) is 48.0 Å². The highest BCUT2D eigenvalue weighted by molar-refractivity contribution is 8.00. The number of amides is 1. The number of thioether (sulfide) groups is 1. The van der Waals surface area contributed by atoms with Crippen LogP contribution in [0.5, 0.6) is 11.5 Å². The number of ether oxygens (including phenoxy) is 2. The van der Waals surface area contributed by atoms with Crippen molar-refractivity contribution in [2.45, 2.75) is 23.6 Å². The first-order valence-corrected chi connectivity index (χ1v) is 9.49. The third kappa shape index (κ3) is 3.72. The Balaban J connectivity index is 2.00. The molecule has 0 saturated carbocycles. The van der Waals surface area contributed by atoms with Crippen molar-refractivity contribution in [3.8, 4) is 11.5 Å². The largest absolute Gasteiger partial charge is 0.497 e. The molecule has 0 fully saturated rings. The van der Waals surface area contributed by atoms with E-state index in [-0.39, 0.29) is 11.3 Å². The van der Waals surface area contributed by atoms with Crippen LogP contribution >= 0.6 is 23.4 Å². The minimum absolute atomic E-state index is 0.00280. The van der Waals surface area contributed by atoms with Crippen LogP contribution < -0.4 is 14.4 Å². The van der Waals surface area contributed by atoms with E-state index < -0.39 is 0 Å². The number of hydrogen-bond donors (Lipinski definition) is 0. The van der Waals surface area contributed by atoms with E-state index in [0.717, 1.165) is 34.1 Å². The molecule has 0 spiro atoms. The molecular formula is C19H20ClNO3S. The third-order valence-corrected chi connectivity index (χ3v) is 5.51. The lowest BCUT2D eigenvalue weighted by Gasteiger charge is -2.25. The Morgan fingerprint density at radius 1 is 1.28 bits per heavy atom. The van der Waals surface area contributed by atoms with Gasteiger partial charge in [0.05, 0.1) is 19.4 Å². The first-order valence-electron chi connectivity index (χ1n) is 8.08. The van der Waals surface area contributed by atoms with Crippen molar-refractivity contribution < 1.29 is 14.3 Å². The Bertz CT molecular complexity index is 768. The normalized spacial score (nSPS) is 15.8. The molecule has 132 valence electrons. The summed E-state index contributed by atoms with van der Waals surface area (Å²) in [6.07, 6.45) is 0.765. The number of benzene rings is 2. The molecular weight excluding hydrogens is 358 g/mol. The summed E-state index contributed by atoms with van der Waals surface area (Å²) in [5.41, 5.74) is 1.85. The van der Waals surface area contributed by atoms with Gasteiger partial charge in [-0.1, -0.05) is 23.9 Å². The van der Waals surface area contributed by atoms with E-state index in [4.69, 9.17) is 21.1 Å². The van der Waals surface area contributed by atoms with Crippen molar-refractivity contribution in [1.29, 1.82) is 0 Å². The third-order valence-electron chi connectivity index (χ3n) is 3.96. The van der Waals surface area contributed by atoms with Gasteiger partial charge in [-0.15, -0.1) is 11.6 Å². The highest BCUT2D eigenvalue weighted by atomic mass is 35.5. The molecule has 0 radical (unpaired) electrons. The molecule has 1 atom stereocenters.